The fourth-order valence-electron chi connectivity index (χ4n) is 1.82. The summed E-state index contributed by atoms with van der Waals surface area (Å²) in [7, 11) is 1.77. The SMILES string of the molecule is CCOC(=O)C(C)(CC(C)n1cc(I)cn1)NC. The van der Waals surface area contributed by atoms with Gasteiger partial charge in [0.25, 0.3) is 0 Å². The molecule has 0 aromatic carbocycles. The molecule has 18 heavy (non-hydrogen) atoms. The van der Waals surface area contributed by atoms with Gasteiger partial charge in [-0.05, 0) is 56.8 Å². The first-order chi connectivity index (χ1) is 8.42. The summed E-state index contributed by atoms with van der Waals surface area (Å²) in [6, 6.07) is 0.121. The van der Waals surface area contributed by atoms with E-state index in [-0.39, 0.29) is 12.0 Å². The van der Waals surface area contributed by atoms with Crippen molar-refractivity contribution in [3.63, 3.8) is 0 Å². The van der Waals surface area contributed by atoms with E-state index in [0.29, 0.717) is 13.0 Å². The molecule has 0 fully saturated rings. The minimum Gasteiger partial charge on any atom is -0.465 e. The van der Waals surface area contributed by atoms with Gasteiger partial charge in [-0.25, -0.2) is 0 Å². The Morgan fingerprint density at radius 3 is 2.83 bits per heavy atom. The molecule has 2 atom stereocenters. The predicted molar refractivity (Wildman–Crippen MR) is 78.4 cm³/mol. The van der Waals surface area contributed by atoms with Crippen molar-refractivity contribution in [2.24, 2.45) is 0 Å². The van der Waals surface area contributed by atoms with Crippen LogP contribution in [0, 0.1) is 3.57 Å². The van der Waals surface area contributed by atoms with Crippen molar-refractivity contribution in [2.45, 2.75) is 38.8 Å². The lowest BCUT2D eigenvalue weighted by atomic mass is 9.94. The summed E-state index contributed by atoms with van der Waals surface area (Å²) < 4.78 is 8.06. The van der Waals surface area contributed by atoms with Gasteiger partial charge in [0.15, 0.2) is 0 Å². The van der Waals surface area contributed by atoms with Gasteiger partial charge in [-0.1, -0.05) is 0 Å². The lowest BCUT2D eigenvalue weighted by molar-refractivity contribution is -0.151. The van der Waals surface area contributed by atoms with Gasteiger partial charge in [-0.2, -0.15) is 5.10 Å². The molecule has 1 N–H and O–H groups in total. The zero-order chi connectivity index (χ0) is 13.8. The van der Waals surface area contributed by atoms with E-state index in [4.69, 9.17) is 4.74 Å². The Balaban J connectivity index is 2.76. The number of halogens is 1. The maximum absolute atomic E-state index is 12.0. The van der Waals surface area contributed by atoms with Crippen LogP contribution in [0.25, 0.3) is 0 Å². The zero-order valence-corrected chi connectivity index (χ0v) is 13.4. The van der Waals surface area contributed by atoms with Crippen LogP contribution >= 0.6 is 22.6 Å². The first kappa shape index (κ1) is 15.4. The number of nitrogens with one attached hydrogen (secondary N) is 1. The average molecular weight is 365 g/mol. The van der Waals surface area contributed by atoms with Crippen LogP contribution in [-0.4, -0.2) is 34.9 Å². The van der Waals surface area contributed by atoms with Gasteiger partial charge >= 0.3 is 5.97 Å². The summed E-state index contributed by atoms with van der Waals surface area (Å²) in [5.41, 5.74) is -0.688. The molecular formula is C12H20IN3O2. The quantitative estimate of drug-likeness (QED) is 0.619. The molecule has 0 saturated heterocycles. The van der Waals surface area contributed by atoms with Crippen LogP contribution in [0.4, 0.5) is 0 Å². The number of hydrogen-bond acceptors (Lipinski definition) is 4. The fourth-order valence-corrected chi connectivity index (χ4v) is 2.23. The van der Waals surface area contributed by atoms with Crippen LogP contribution in [0.2, 0.25) is 0 Å². The van der Waals surface area contributed by atoms with Gasteiger partial charge in [0.2, 0.25) is 0 Å². The van der Waals surface area contributed by atoms with Crippen molar-refractivity contribution in [3.05, 3.63) is 16.0 Å². The molecule has 0 amide bonds. The van der Waals surface area contributed by atoms with Gasteiger partial charge in [-0.15, -0.1) is 0 Å². The highest BCUT2D eigenvalue weighted by Crippen LogP contribution is 2.22. The van der Waals surface area contributed by atoms with Crippen LogP contribution in [0.15, 0.2) is 12.4 Å². The number of hydrogen-bond donors (Lipinski definition) is 1. The van der Waals surface area contributed by atoms with Gasteiger partial charge in [0.1, 0.15) is 5.54 Å². The zero-order valence-electron chi connectivity index (χ0n) is 11.2. The number of nitrogens with zero attached hydrogens (tertiary/aromatic N) is 2. The number of rotatable bonds is 6. The number of carbonyl (C=O) groups is 1. The maximum Gasteiger partial charge on any atom is 0.326 e. The van der Waals surface area contributed by atoms with Gasteiger partial charge in [0.05, 0.1) is 22.4 Å². The molecule has 0 aliphatic carbocycles. The molecule has 0 saturated carbocycles. The smallest absolute Gasteiger partial charge is 0.326 e. The average Bonchev–Trinajstić information content (AvgIpc) is 2.76. The highest BCUT2D eigenvalue weighted by molar-refractivity contribution is 14.1. The van der Waals surface area contributed by atoms with Gasteiger partial charge in [0, 0.05) is 6.20 Å². The topological polar surface area (TPSA) is 56.2 Å². The van der Waals surface area contributed by atoms with E-state index >= 15 is 0 Å². The molecule has 1 aromatic rings. The van der Waals surface area contributed by atoms with Gasteiger partial charge < -0.3 is 10.1 Å². The van der Waals surface area contributed by atoms with E-state index in [1.807, 2.05) is 31.6 Å². The highest BCUT2D eigenvalue weighted by atomic mass is 127. The molecule has 1 heterocycles. The molecule has 1 aromatic heterocycles. The monoisotopic (exact) mass is 365 g/mol. The summed E-state index contributed by atoms with van der Waals surface area (Å²) in [4.78, 5) is 12.0. The van der Waals surface area contributed by atoms with Crippen molar-refractivity contribution < 1.29 is 9.53 Å². The van der Waals surface area contributed by atoms with Crippen molar-refractivity contribution in [1.82, 2.24) is 15.1 Å². The van der Waals surface area contributed by atoms with Gasteiger partial charge in [-0.3, -0.25) is 9.48 Å². The van der Waals surface area contributed by atoms with E-state index in [9.17, 15) is 4.79 Å². The summed E-state index contributed by atoms with van der Waals surface area (Å²) in [5.74, 6) is -0.221. The Hall–Kier alpha value is -0.630. The molecule has 0 aliphatic rings. The number of ether oxygens (including phenoxy) is 1. The number of carbonyl (C=O) groups excluding carboxylic acids is 1. The molecule has 6 heteroatoms. The fraction of sp³-hybridized carbons (Fsp3) is 0.667. The summed E-state index contributed by atoms with van der Waals surface area (Å²) in [6.45, 7) is 6.10. The summed E-state index contributed by atoms with van der Waals surface area (Å²) >= 11 is 2.22. The van der Waals surface area contributed by atoms with E-state index in [1.165, 1.54) is 0 Å². The largest absolute Gasteiger partial charge is 0.465 e. The molecule has 2 unspecified atom stereocenters. The second kappa shape index (κ2) is 6.51. The first-order valence-corrected chi connectivity index (χ1v) is 7.06. The predicted octanol–water partition coefficient (Wildman–Crippen LogP) is 1.98. The molecule has 102 valence electrons. The highest BCUT2D eigenvalue weighted by Gasteiger charge is 2.35. The van der Waals surface area contributed by atoms with Crippen molar-refractivity contribution in [1.29, 1.82) is 0 Å². The summed E-state index contributed by atoms with van der Waals surface area (Å²) in [6.07, 6.45) is 4.39. The standard InChI is InChI=1S/C12H20IN3O2/c1-5-18-11(17)12(3,14-4)6-9(2)16-8-10(13)7-15-16/h7-9,14H,5-6H2,1-4H3. The minimum atomic E-state index is -0.688. The second-order valence-electron chi connectivity index (χ2n) is 4.49. The molecular weight excluding hydrogens is 345 g/mol. The molecule has 0 bridgehead atoms. The molecule has 1 rings (SSSR count). The normalized spacial score (nSPS) is 16.1. The lowest BCUT2D eigenvalue weighted by Crippen LogP contribution is -2.50. The van der Waals surface area contributed by atoms with E-state index < -0.39 is 5.54 Å². The second-order valence-corrected chi connectivity index (χ2v) is 5.74. The maximum atomic E-state index is 12.0. The lowest BCUT2D eigenvalue weighted by Gasteiger charge is -2.29. The van der Waals surface area contributed by atoms with E-state index in [0.717, 1.165) is 3.57 Å². The van der Waals surface area contributed by atoms with Crippen LogP contribution in [0.1, 0.15) is 33.2 Å². The third-order valence-electron chi connectivity index (χ3n) is 3.00. The number of likely N-dealkylation sites (N-methyl/N-ethyl adjacent to an activating group) is 1. The van der Waals surface area contributed by atoms with Crippen LogP contribution < -0.4 is 5.32 Å². The first-order valence-electron chi connectivity index (χ1n) is 5.98. The third-order valence-corrected chi connectivity index (χ3v) is 3.56. The van der Waals surface area contributed by atoms with Crippen molar-refractivity contribution in [2.75, 3.05) is 13.7 Å². The van der Waals surface area contributed by atoms with Crippen molar-refractivity contribution >= 4 is 28.6 Å². The number of aromatic nitrogens is 2. The Labute approximate surface area is 121 Å². The summed E-state index contributed by atoms with van der Waals surface area (Å²) in [5, 5.41) is 7.32. The molecule has 0 spiro atoms. The van der Waals surface area contributed by atoms with Crippen LogP contribution in [0.3, 0.4) is 0 Å². The molecule has 0 radical (unpaired) electrons. The van der Waals surface area contributed by atoms with Crippen molar-refractivity contribution in [3.8, 4) is 0 Å². The van der Waals surface area contributed by atoms with Crippen LogP contribution in [-0.2, 0) is 9.53 Å². The Morgan fingerprint density at radius 1 is 1.72 bits per heavy atom. The van der Waals surface area contributed by atoms with E-state index in [2.05, 4.69) is 33.0 Å². The Kier molecular flexibility index (Phi) is 5.58. The minimum absolute atomic E-state index is 0.121. The Bertz CT molecular complexity index is 408. The molecule has 5 nitrogen and oxygen atoms in total. The Morgan fingerprint density at radius 2 is 2.39 bits per heavy atom. The number of esters is 1. The van der Waals surface area contributed by atoms with Crippen LogP contribution in [0.5, 0.6) is 0 Å². The van der Waals surface area contributed by atoms with E-state index in [1.54, 1.807) is 13.2 Å². The third kappa shape index (κ3) is 3.68. The molecule has 0 aliphatic heterocycles.